The Morgan fingerprint density at radius 3 is 1.73 bits per heavy atom. The van der Waals surface area contributed by atoms with E-state index >= 15 is 0 Å². The molecule has 0 aromatic heterocycles. The molecule has 4 heteroatoms. The van der Waals surface area contributed by atoms with Crippen molar-refractivity contribution in [2.45, 2.75) is 51.9 Å². The highest BCUT2D eigenvalue weighted by atomic mass is 16.3. The maximum atomic E-state index is 10.6. The molecule has 0 amide bonds. The third kappa shape index (κ3) is 6.26. The van der Waals surface area contributed by atoms with Crippen LogP contribution in [-0.4, -0.2) is 20.4 Å². The summed E-state index contributed by atoms with van der Waals surface area (Å²) < 4.78 is 0. The molecule has 0 saturated carbocycles. The van der Waals surface area contributed by atoms with Crippen molar-refractivity contribution in [1.29, 1.82) is 0 Å². The van der Waals surface area contributed by atoms with Gasteiger partial charge in [0, 0.05) is 5.41 Å². The summed E-state index contributed by atoms with van der Waals surface area (Å²) in [5, 5.41) is 40.0. The largest absolute Gasteiger partial charge is 0.508 e. The zero-order valence-electron chi connectivity index (χ0n) is 21.8. The molecule has 1 unspecified atom stereocenters. The lowest BCUT2D eigenvalue weighted by Gasteiger charge is -2.34. The minimum atomic E-state index is -0.304. The third-order valence-electron chi connectivity index (χ3n) is 7.49. The van der Waals surface area contributed by atoms with Crippen LogP contribution >= 0.6 is 0 Å². The molecule has 0 fully saturated rings. The van der Waals surface area contributed by atoms with E-state index < -0.39 is 0 Å². The fraction of sp³-hybridized carbons (Fsp3) is 0.273. The molecule has 4 rings (SSSR count). The van der Waals surface area contributed by atoms with Crippen LogP contribution in [-0.2, 0) is 18.3 Å². The topological polar surface area (TPSA) is 80.9 Å². The number of hydrogen-bond acceptors (Lipinski definition) is 4. The predicted octanol–water partition coefficient (Wildman–Crippen LogP) is 7.37. The average Bonchev–Trinajstić information content (AvgIpc) is 2.87. The van der Waals surface area contributed by atoms with E-state index in [0.29, 0.717) is 17.4 Å². The molecule has 4 aromatic carbocycles. The van der Waals surface area contributed by atoms with Crippen LogP contribution in [0.1, 0.15) is 60.1 Å². The Hall–Kier alpha value is -3.92. The Balaban J connectivity index is 1.50. The summed E-state index contributed by atoms with van der Waals surface area (Å²) in [6.07, 6.45) is 3.28. The summed E-state index contributed by atoms with van der Waals surface area (Å²) >= 11 is 0. The summed E-state index contributed by atoms with van der Waals surface area (Å²) in [5.74, 6) is 1.44. The minimum absolute atomic E-state index is 0.239. The lowest BCUT2D eigenvalue weighted by molar-refractivity contribution is 0.381. The minimum Gasteiger partial charge on any atom is -0.508 e. The van der Waals surface area contributed by atoms with Gasteiger partial charge in [-0.25, -0.2) is 0 Å². The molecule has 0 spiro atoms. The van der Waals surface area contributed by atoms with Crippen molar-refractivity contribution in [3.63, 3.8) is 0 Å². The van der Waals surface area contributed by atoms with Crippen LogP contribution in [0.4, 0.5) is 0 Å². The van der Waals surface area contributed by atoms with E-state index in [2.05, 4.69) is 19.9 Å². The average molecular weight is 497 g/mol. The molecule has 4 aromatic rings. The van der Waals surface area contributed by atoms with E-state index in [4.69, 9.17) is 0 Å². The maximum absolute atomic E-state index is 10.6. The molecule has 0 radical (unpaired) electrons. The van der Waals surface area contributed by atoms with E-state index in [1.165, 1.54) is 0 Å². The number of rotatable bonds is 9. The fourth-order valence-corrected chi connectivity index (χ4v) is 5.27. The Morgan fingerprint density at radius 2 is 1.19 bits per heavy atom. The highest BCUT2D eigenvalue weighted by Gasteiger charge is 2.31. The molecule has 4 nitrogen and oxygen atoms in total. The summed E-state index contributed by atoms with van der Waals surface area (Å²) in [6.45, 7) is 6.34. The normalized spacial score (nSPS) is 12.4. The molecular weight excluding hydrogens is 460 g/mol. The van der Waals surface area contributed by atoms with Gasteiger partial charge in [0.15, 0.2) is 0 Å². The van der Waals surface area contributed by atoms with Crippen LogP contribution in [0.2, 0.25) is 0 Å². The van der Waals surface area contributed by atoms with Crippen molar-refractivity contribution in [2.24, 2.45) is 5.92 Å². The molecule has 0 saturated heterocycles. The molecule has 0 bridgehead atoms. The quantitative estimate of drug-likeness (QED) is 0.195. The van der Waals surface area contributed by atoms with Gasteiger partial charge in [0.2, 0.25) is 0 Å². The van der Waals surface area contributed by atoms with E-state index in [1.54, 1.807) is 36.4 Å². The van der Waals surface area contributed by atoms with Crippen LogP contribution in [0.3, 0.4) is 0 Å². The lowest BCUT2D eigenvalue weighted by Crippen LogP contribution is -2.26. The molecule has 0 aliphatic rings. The zero-order chi connectivity index (χ0) is 26.6. The van der Waals surface area contributed by atoms with Crippen molar-refractivity contribution in [1.82, 2.24) is 0 Å². The summed E-state index contributed by atoms with van der Waals surface area (Å²) in [5.41, 5.74) is 5.96. The van der Waals surface area contributed by atoms with Gasteiger partial charge in [0.25, 0.3) is 0 Å². The second kappa shape index (κ2) is 11.0. The first-order valence-corrected chi connectivity index (χ1v) is 12.8. The Labute approximate surface area is 219 Å². The smallest absolute Gasteiger partial charge is 0.118 e. The van der Waals surface area contributed by atoms with Gasteiger partial charge in [0.05, 0.1) is 0 Å². The summed E-state index contributed by atoms with van der Waals surface area (Å²) in [4.78, 5) is 0. The third-order valence-corrected chi connectivity index (χ3v) is 7.49. The van der Waals surface area contributed by atoms with Gasteiger partial charge in [-0.05, 0) is 108 Å². The predicted molar refractivity (Wildman–Crippen MR) is 149 cm³/mol. The first kappa shape index (κ1) is 26.2. The number of phenolic OH excluding ortho intramolecular Hbond substituents is 4. The highest BCUT2D eigenvalue weighted by molar-refractivity contribution is 5.43. The molecule has 0 aliphatic heterocycles. The monoisotopic (exact) mass is 496 g/mol. The van der Waals surface area contributed by atoms with Crippen LogP contribution in [0.15, 0.2) is 84.9 Å². The SMILES string of the molecule is Cc1cc(Cc2ccc(O)c(CCC(C)CC(C)(c3ccc(O)cc3)c3ccc(O)cc3)c2)ccc1O. The van der Waals surface area contributed by atoms with Gasteiger partial charge in [-0.15, -0.1) is 0 Å². The second-order valence-corrected chi connectivity index (χ2v) is 10.5. The number of benzene rings is 4. The van der Waals surface area contributed by atoms with Gasteiger partial charge in [-0.2, -0.15) is 0 Å². The Morgan fingerprint density at radius 1 is 0.676 bits per heavy atom. The first-order valence-electron chi connectivity index (χ1n) is 12.8. The number of aryl methyl sites for hydroxylation is 2. The molecule has 0 aliphatic carbocycles. The standard InChI is InChI=1S/C33H36O4/c1-22(21-33(3,27-8-12-29(34)13-9-27)28-10-14-30(35)15-11-28)4-7-26-20-25(6-17-32(26)37)19-24-5-16-31(36)23(2)18-24/h5-6,8-18,20,22,34-37H,4,7,19,21H2,1-3H3. The fourth-order valence-electron chi connectivity index (χ4n) is 5.27. The second-order valence-electron chi connectivity index (χ2n) is 10.5. The zero-order valence-corrected chi connectivity index (χ0v) is 21.8. The summed E-state index contributed by atoms with van der Waals surface area (Å²) in [7, 11) is 0. The van der Waals surface area contributed by atoms with Gasteiger partial charge < -0.3 is 20.4 Å². The van der Waals surface area contributed by atoms with Gasteiger partial charge >= 0.3 is 0 Å². The maximum Gasteiger partial charge on any atom is 0.118 e. The highest BCUT2D eigenvalue weighted by Crippen LogP contribution is 2.40. The van der Waals surface area contributed by atoms with E-state index in [1.807, 2.05) is 49.4 Å². The molecular formula is C33H36O4. The first-order chi connectivity index (χ1) is 17.6. The van der Waals surface area contributed by atoms with Crippen molar-refractivity contribution < 1.29 is 20.4 Å². The van der Waals surface area contributed by atoms with Crippen LogP contribution < -0.4 is 0 Å². The van der Waals surface area contributed by atoms with Crippen LogP contribution in [0, 0.1) is 12.8 Å². The van der Waals surface area contributed by atoms with E-state index in [0.717, 1.165) is 59.1 Å². The van der Waals surface area contributed by atoms with Gasteiger partial charge in [-0.1, -0.05) is 62.4 Å². The van der Waals surface area contributed by atoms with Crippen LogP contribution in [0.5, 0.6) is 23.0 Å². The Bertz CT molecular complexity index is 1290. The van der Waals surface area contributed by atoms with E-state index in [9.17, 15) is 20.4 Å². The van der Waals surface area contributed by atoms with Crippen molar-refractivity contribution in [3.8, 4) is 23.0 Å². The molecule has 1 atom stereocenters. The van der Waals surface area contributed by atoms with Crippen molar-refractivity contribution in [3.05, 3.63) is 118 Å². The van der Waals surface area contributed by atoms with Gasteiger partial charge in [0.1, 0.15) is 23.0 Å². The lowest BCUT2D eigenvalue weighted by atomic mass is 9.70. The van der Waals surface area contributed by atoms with Gasteiger partial charge in [-0.3, -0.25) is 0 Å². The van der Waals surface area contributed by atoms with Crippen molar-refractivity contribution >= 4 is 0 Å². The number of aromatic hydroxyl groups is 4. The van der Waals surface area contributed by atoms with Crippen molar-refractivity contribution in [2.75, 3.05) is 0 Å². The van der Waals surface area contributed by atoms with Crippen LogP contribution in [0.25, 0.3) is 0 Å². The number of hydrogen-bond donors (Lipinski definition) is 4. The molecule has 4 N–H and O–H groups in total. The number of phenols is 4. The Kier molecular flexibility index (Phi) is 7.77. The van der Waals surface area contributed by atoms with E-state index in [-0.39, 0.29) is 16.9 Å². The molecule has 0 heterocycles. The molecule has 192 valence electrons. The summed E-state index contributed by atoms with van der Waals surface area (Å²) in [6, 6.07) is 26.2. The molecule has 37 heavy (non-hydrogen) atoms.